The normalized spacial score (nSPS) is 16.9. The van der Waals surface area contributed by atoms with E-state index in [1.165, 1.54) is 11.8 Å². The molecule has 0 bridgehead atoms. The van der Waals surface area contributed by atoms with Crippen LogP contribution in [-0.4, -0.2) is 46.8 Å². The van der Waals surface area contributed by atoms with Crippen LogP contribution in [0.25, 0.3) is 0 Å². The summed E-state index contributed by atoms with van der Waals surface area (Å²) in [6, 6.07) is 0. The van der Waals surface area contributed by atoms with E-state index in [-0.39, 0.29) is 34.8 Å². The summed E-state index contributed by atoms with van der Waals surface area (Å²) in [5.74, 6) is 0.763. The van der Waals surface area contributed by atoms with Crippen LogP contribution < -0.4 is 0 Å². The van der Waals surface area contributed by atoms with Gasteiger partial charge in [0.05, 0.1) is 0 Å². The minimum absolute atomic E-state index is 0. The zero-order chi connectivity index (χ0) is 4.41. The first-order chi connectivity index (χ1) is 2.89. The maximum atomic E-state index is 10.0. The molecule has 1 rings (SSSR count). The molecular weight excluding hydrogens is 121 g/mol. The number of thioether (sulfide) groups is 1. The maximum Gasteiger partial charge on any atom is 0.304 e. The van der Waals surface area contributed by atoms with Gasteiger partial charge in [-0.1, -0.05) is 11.8 Å². The minimum Gasteiger partial charge on any atom is -0.259 e. The summed E-state index contributed by atoms with van der Waals surface area (Å²) in [6.45, 7) is 0. The van der Waals surface area contributed by atoms with Gasteiger partial charge in [-0.3, -0.25) is 4.79 Å². The Labute approximate surface area is 68.1 Å². The molecule has 4 heteroatoms. The molecule has 0 saturated carbocycles. The predicted octanol–water partition coefficient (Wildman–Crippen LogP) is 0.543. The average molecular weight is 124 g/mol. The van der Waals surface area contributed by atoms with Gasteiger partial charge in [-0.2, -0.15) is 0 Å². The van der Waals surface area contributed by atoms with Gasteiger partial charge in [0.25, 0.3) is 0 Å². The smallest absolute Gasteiger partial charge is 0.259 e. The van der Waals surface area contributed by atoms with Crippen LogP contribution in [0.1, 0.15) is 0 Å². The fourth-order valence-corrected chi connectivity index (χ4v) is 0.698. The van der Waals surface area contributed by atoms with E-state index in [9.17, 15) is 4.79 Å². The van der Waals surface area contributed by atoms with Crippen molar-refractivity contribution in [2.75, 3.05) is 5.75 Å². The van der Waals surface area contributed by atoms with E-state index in [1.54, 1.807) is 6.21 Å². The number of hydrogen-bond donors (Lipinski definition) is 0. The standard InChI is InChI=1S/C3H3NOS.Na/c5-3-4-1-2-6-3;/h1H,2H2;. The Morgan fingerprint density at radius 3 is 2.71 bits per heavy atom. The minimum atomic E-state index is -0.0602. The number of hydrogen-bond acceptors (Lipinski definition) is 2. The topological polar surface area (TPSA) is 29.4 Å². The molecular formula is C3H3NNaOS. The molecule has 33 valence electrons. The van der Waals surface area contributed by atoms with Crippen LogP contribution >= 0.6 is 11.8 Å². The molecule has 1 aliphatic rings. The van der Waals surface area contributed by atoms with Crippen molar-refractivity contribution in [1.29, 1.82) is 0 Å². The van der Waals surface area contributed by atoms with E-state index >= 15 is 0 Å². The summed E-state index contributed by atoms with van der Waals surface area (Å²) >= 11 is 1.24. The summed E-state index contributed by atoms with van der Waals surface area (Å²) in [4.78, 5) is 13.4. The van der Waals surface area contributed by atoms with Crippen molar-refractivity contribution in [3.63, 3.8) is 0 Å². The Morgan fingerprint density at radius 1 is 1.86 bits per heavy atom. The largest absolute Gasteiger partial charge is 0.304 e. The Morgan fingerprint density at radius 2 is 2.57 bits per heavy atom. The van der Waals surface area contributed by atoms with E-state index in [2.05, 4.69) is 4.99 Å². The SMILES string of the molecule is O=C1N=CCS1.[Na]. The third-order valence-corrected chi connectivity index (χ3v) is 1.15. The second-order valence-electron chi connectivity index (χ2n) is 0.889. The zero-order valence-electron chi connectivity index (χ0n) is 4.05. The molecule has 0 aromatic rings. The molecule has 0 atom stereocenters. The molecule has 0 aliphatic carbocycles. The number of rotatable bonds is 0. The average Bonchev–Trinajstić information content (AvgIpc) is 1.86. The fraction of sp³-hybridized carbons (Fsp3) is 0.333. The van der Waals surface area contributed by atoms with E-state index in [0.29, 0.717) is 0 Å². The van der Waals surface area contributed by atoms with Crippen molar-refractivity contribution in [2.24, 2.45) is 4.99 Å². The van der Waals surface area contributed by atoms with Crippen LogP contribution in [0.3, 0.4) is 0 Å². The van der Waals surface area contributed by atoms with Gasteiger partial charge in [-0.05, 0) is 0 Å². The van der Waals surface area contributed by atoms with Crippen LogP contribution in [0.15, 0.2) is 4.99 Å². The molecule has 0 N–H and O–H groups in total. The number of aliphatic imine (C=N–C) groups is 1. The summed E-state index contributed by atoms with van der Waals surface area (Å²) in [5.41, 5.74) is 0. The first-order valence-electron chi connectivity index (χ1n) is 1.59. The van der Waals surface area contributed by atoms with E-state index in [0.717, 1.165) is 5.75 Å². The molecule has 0 unspecified atom stereocenters. The first kappa shape index (κ1) is 7.69. The third-order valence-electron chi connectivity index (χ3n) is 0.478. The molecule has 1 heterocycles. The van der Waals surface area contributed by atoms with Gasteiger partial charge < -0.3 is 0 Å². The Bertz CT molecular complexity index is 103. The molecule has 0 saturated heterocycles. The first-order valence-corrected chi connectivity index (χ1v) is 2.57. The second-order valence-corrected chi connectivity index (χ2v) is 1.86. The van der Waals surface area contributed by atoms with Gasteiger partial charge in [0.2, 0.25) is 0 Å². The summed E-state index contributed by atoms with van der Waals surface area (Å²) < 4.78 is 0. The number of amides is 1. The van der Waals surface area contributed by atoms with Gasteiger partial charge in [-0.25, -0.2) is 4.99 Å². The molecule has 1 aliphatic heterocycles. The quantitative estimate of drug-likeness (QED) is 0.441. The van der Waals surface area contributed by atoms with Crippen molar-refractivity contribution in [1.82, 2.24) is 0 Å². The van der Waals surface area contributed by atoms with Crippen molar-refractivity contribution >= 4 is 52.8 Å². The molecule has 1 amide bonds. The Balaban J connectivity index is 0.000000360. The molecule has 0 fully saturated rings. The summed E-state index contributed by atoms with van der Waals surface area (Å²) in [5, 5.41) is -0.0602. The van der Waals surface area contributed by atoms with Gasteiger partial charge in [0.15, 0.2) is 0 Å². The van der Waals surface area contributed by atoms with Gasteiger partial charge in [0.1, 0.15) is 0 Å². The Hall–Kier alpha value is 0.690. The van der Waals surface area contributed by atoms with Crippen LogP contribution in [0, 0.1) is 0 Å². The van der Waals surface area contributed by atoms with E-state index in [1.807, 2.05) is 0 Å². The fourth-order valence-electron chi connectivity index (χ4n) is 0.258. The van der Waals surface area contributed by atoms with Crippen molar-refractivity contribution in [3.05, 3.63) is 0 Å². The molecule has 1 radical (unpaired) electrons. The van der Waals surface area contributed by atoms with Crippen LogP contribution in [0.2, 0.25) is 0 Å². The molecule has 0 spiro atoms. The van der Waals surface area contributed by atoms with Crippen molar-refractivity contribution < 1.29 is 4.79 Å². The molecule has 2 nitrogen and oxygen atoms in total. The van der Waals surface area contributed by atoms with Gasteiger partial charge in [0, 0.05) is 41.5 Å². The van der Waals surface area contributed by atoms with E-state index in [4.69, 9.17) is 0 Å². The number of nitrogens with zero attached hydrogens (tertiary/aromatic N) is 1. The number of carbonyl (C=O) groups is 1. The van der Waals surface area contributed by atoms with Crippen LogP contribution in [0.4, 0.5) is 4.79 Å². The van der Waals surface area contributed by atoms with Crippen LogP contribution in [0.5, 0.6) is 0 Å². The van der Waals surface area contributed by atoms with Gasteiger partial charge in [-0.15, -0.1) is 0 Å². The van der Waals surface area contributed by atoms with Crippen molar-refractivity contribution in [3.8, 4) is 0 Å². The zero-order valence-corrected chi connectivity index (χ0v) is 6.86. The van der Waals surface area contributed by atoms with Crippen LogP contribution in [-0.2, 0) is 0 Å². The van der Waals surface area contributed by atoms with E-state index < -0.39 is 0 Å². The predicted molar refractivity (Wildman–Crippen MR) is 32.1 cm³/mol. The monoisotopic (exact) mass is 124 g/mol. The van der Waals surface area contributed by atoms with Gasteiger partial charge >= 0.3 is 5.24 Å². The molecule has 0 aromatic heterocycles. The van der Waals surface area contributed by atoms with Crippen molar-refractivity contribution in [2.45, 2.75) is 0 Å². The maximum absolute atomic E-state index is 10.0. The second kappa shape index (κ2) is 3.66. The summed E-state index contributed by atoms with van der Waals surface area (Å²) in [6.07, 6.45) is 1.62. The molecule has 0 aromatic carbocycles. The Kier molecular flexibility index (Phi) is 4.02. The molecule has 7 heavy (non-hydrogen) atoms. The third kappa shape index (κ3) is 2.49. The number of carbonyl (C=O) groups excluding carboxylic acids is 1. The summed E-state index contributed by atoms with van der Waals surface area (Å²) in [7, 11) is 0.